The monoisotopic (exact) mass is 279 g/mol. The molecule has 20 heavy (non-hydrogen) atoms. The van der Waals surface area contributed by atoms with Gasteiger partial charge >= 0.3 is 0 Å². The van der Waals surface area contributed by atoms with E-state index in [4.69, 9.17) is 5.26 Å². The summed E-state index contributed by atoms with van der Waals surface area (Å²) in [5, 5.41) is 19.6. The highest BCUT2D eigenvalue weighted by Crippen LogP contribution is 2.37. The van der Waals surface area contributed by atoms with Crippen LogP contribution in [-0.4, -0.2) is 10.9 Å². The van der Waals surface area contributed by atoms with Crippen molar-refractivity contribution in [3.8, 4) is 11.8 Å². The highest BCUT2D eigenvalue weighted by atomic mass is 32.1. The minimum absolute atomic E-state index is 0.0277. The molecule has 0 aliphatic rings. The molecule has 0 amide bonds. The third-order valence-corrected chi connectivity index (χ3v) is 4.21. The summed E-state index contributed by atoms with van der Waals surface area (Å²) in [7, 11) is 0. The molecular weight excluding hydrogens is 270 g/mol. The van der Waals surface area contributed by atoms with Gasteiger partial charge in [-0.05, 0) is 36.4 Å². The van der Waals surface area contributed by atoms with E-state index < -0.39 is 0 Å². The first-order valence-corrected chi connectivity index (χ1v) is 6.77. The number of carbonyl (C=O) groups is 1. The summed E-state index contributed by atoms with van der Waals surface area (Å²) in [6, 6.07) is 15.8. The van der Waals surface area contributed by atoms with Crippen molar-refractivity contribution in [2.24, 2.45) is 0 Å². The average Bonchev–Trinajstić information content (AvgIpc) is 2.84. The van der Waals surface area contributed by atoms with Crippen LogP contribution in [0.4, 0.5) is 0 Å². The molecule has 0 saturated heterocycles. The molecule has 0 fully saturated rings. The molecule has 0 atom stereocenters. The summed E-state index contributed by atoms with van der Waals surface area (Å²) in [6.07, 6.45) is 0. The lowest BCUT2D eigenvalue weighted by molar-refractivity contribution is 0.104. The van der Waals surface area contributed by atoms with E-state index in [-0.39, 0.29) is 11.5 Å². The van der Waals surface area contributed by atoms with Gasteiger partial charge in [0.15, 0.2) is 0 Å². The lowest BCUT2D eigenvalue weighted by Crippen LogP contribution is -1.98. The standard InChI is InChI=1S/C16H9NO2S/c17-9-10-5-7-11(8-6-10)14(18)16-15(19)12-3-1-2-4-13(12)20-16/h1-8,19H. The molecule has 1 heterocycles. The van der Waals surface area contributed by atoms with Crippen LogP contribution in [0.25, 0.3) is 10.1 Å². The van der Waals surface area contributed by atoms with Crippen molar-refractivity contribution in [2.75, 3.05) is 0 Å². The third kappa shape index (κ3) is 1.94. The van der Waals surface area contributed by atoms with E-state index in [1.54, 1.807) is 30.3 Å². The van der Waals surface area contributed by atoms with Crippen LogP contribution >= 0.6 is 11.3 Å². The fourth-order valence-corrected chi connectivity index (χ4v) is 3.07. The Morgan fingerprint density at radius 3 is 2.45 bits per heavy atom. The maximum atomic E-state index is 12.4. The number of hydrogen-bond donors (Lipinski definition) is 1. The smallest absolute Gasteiger partial charge is 0.206 e. The Kier molecular flexibility index (Phi) is 2.97. The second kappa shape index (κ2) is 4.80. The van der Waals surface area contributed by atoms with Gasteiger partial charge in [-0.25, -0.2) is 0 Å². The molecule has 0 unspecified atom stereocenters. The number of rotatable bonds is 2. The average molecular weight is 279 g/mol. The summed E-state index contributed by atoms with van der Waals surface area (Å²) in [5.74, 6) is -0.201. The van der Waals surface area contributed by atoms with Gasteiger partial charge in [0.2, 0.25) is 5.78 Å². The van der Waals surface area contributed by atoms with Crippen molar-refractivity contribution < 1.29 is 9.90 Å². The number of carbonyl (C=O) groups excluding carboxylic acids is 1. The first-order valence-electron chi connectivity index (χ1n) is 5.96. The highest BCUT2D eigenvalue weighted by molar-refractivity contribution is 7.21. The first-order chi connectivity index (χ1) is 9.70. The quantitative estimate of drug-likeness (QED) is 0.727. The number of nitrogens with zero attached hydrogens (tertiary/aromatic N) is 1. The van der Waals surface area contributed by atoms with Crippen LogP contribution in [0.2, 0.25) is 0 Å². The number of nitriles is 1. The van der Waals surface area contributed by atoms with Crippen LogP contribution in [0.15, 0.2) is 48.5 Å². The lowest BCUT2D eigenvalue weighted by Gasteiger charge is -1.99. The number of hydrogen-bond acceptors (Lipinski definition) is 4. The van der Waals surface area contributed by atoms with E-state index in [1.165, 1.54) is 11.3 Å². The predicted octanol–water partition coefficient (Wildman–Crippen LogP) is 3.71. The van der Waals surface area contributed by atoms with Crippen LogP contribution in [0, 0.1) is 11.3 Å². The van der Waals surface area contributed by atoms with Gasteiger partial charge < -0.3 is 5.11 Å². The Morgan fingerprint density at radius 2 is 1.80 bits per heavy atom. The largest absolute Gasteiger partial charge is 0.506 e. The zero-order valence-corrected chi connectivity index (χ0v) is 11.1. The Bertz CT molecular complexity index is 841. The van der Waals surface area contributed by atoms with Crippen molar-refractivity contribution >= 4 is 27.2 Å². The highest BCUT2D eigenvalue weighted by Gasteiger charge is 2.19. The molecule has 1 aromatic heterocycles. The van der Waals surface area contributed by atoms with Gasteiger partial charge in [0, 0.05) is 15.6 Å². The summed E-state index contributed by atoms with van der Waals surface area (Å²) >= 11 is 1.27. The van der Waals surface area contributed by atoms with E-state index in [0.717, 1.165) is 4.70 Å². The second-order valence-corrected chi connectivity index (χ2v) is 5.35. The van der Waals surface area contributed by atoms with E-state index in [0.29, 0.717) is 21.4 Å². The van der Waals surface area contributed by atoms with Gasteiger partial charge in [0.1, 0.15) is 10.6 Å². The Morgan fingerprint density at radius 1 is 1.10 bits per heavy atom. The summed E-state index contributed by atoms with van der Waals surface area (Å²) in [6.45, 7) is 0. The molecular formula is C16H9NO2S. The van der Waals surface area contributed by atoms with Gasteiger partial charge in [-0.2, -0.15) is 5.26 Å². The summed E-state index contributed by atoms with van der Waals surface area (Å²) in [5.41, 5.74) is 0.966. The molecule has 0 radical (unpaired) electrons. The van der Waals surface area contributed by atoms with Crippen molar-refractivity contribution in [1.29, 1.82) is 5.26 Å². The Hall–Kier alpha value is -2.64. The molecule has 0 aliphatic carbocycles. The molecule has 1 N–H and O–H groups in total. The zero-order chi connectivity index (χ0) is 14.1. The normalized spacial score (nSPS) is 10.3. The molecule has 4 heteroatoms. The number of fused-ring (bicyclic) bond motifs is 1. The van der Waals surface area contributed by atoms with Crippen LogP contribution < -0.4 is 0 Å². The molecule has 0 aliphatic heterocycles. The maximum absolute atomic E-state index is 12.4. The van der Waals surface area contributed by atoms with E-state index >= 15 is 0 Å². The molecule has 0 bridgehead atoms. The summed E-state index contributed by atoms with van der Waals surface area (Å²) < 4.78 is 0.877. The van der Waals surface area contributed by atoms with Crippen molar-refractivity contribution in [1.82, 2.24) is 0 Å². The van der Waals surface area contributed by atoms with Gasteiger partial charge in [-0.15, -0.1) is 11.3 Å². The lowest BCUT2D eigenvalue weighted by atomic mass is 10.1. The SMILES string of the molecule is N#Cc1ccc(C(=O)c2sc3ccccc3c2O)cc1. The molecule has 3 aromatic rings. The fraction of sp³-hybridized carbons (Fsp3) is 0. The first kappa shape index (κ1) is 12.4. The number of aromatic hydroxyl groups is 1. The molecule has 3 nitrogen and oxygen atoms in total. The Balaban J connectivity index is 2.08. The zero-order valence-electron chi connectivity index (χ0n) is 10.3. The molecule has 0 spiro atoms. The number of thiophene rings is 1. The van der Waals surface area contributed by atoms with Crippen LogP contribution in [0.3, 0.4) is 0 Å². The van der Waals surface area contributed by atoms with Gasteiger partial charge in [0.05, 0.1) is 11.6 Å². The molecule has 3 rings (SSSR count). The molecule has 96 valence electrons. The van der Waals surface area contributed by atoms with Gasteiger partial charge in [-0.3, -0.25) is 4.79 Å². The minimum Gasteiger partial charge on any atom is -0.506 e. The minimum atomic E-state index is -0.229. The fourth-order valence-electron chi connectivity index (χ4n) is 2.01. The van der Waals surface area contributed by atoms with Crippen LogP contribution in [0.1, 0.15) is 20.8 Å². The number of benzene rings is 2. The summed E-state index contributed by atoms with van der Waals surface area (Å²) in [4.78, 5) is 12.7. The van der Waals surface area contributed by atoms with Gasteiger partial charge in [0.25, 0.3) is 0 Å². The molecule has 0 saturated carbocycles. The third-order valence-electron chi connectivity index (χ3n) is 3.05. The van der Waals surface area contributed by atoms with E-state index in [9.17, 15) is 9.90 Å². The van der Waals surface area contributed by atoms with Gasteiger partial charge in [-0.1, -0.05) is 12.1 Å². The van der Waals surface area contributed by atoms with Crippen molar-refractivity contribution in [3.05, 3.63) is 64.5 Å². The number of ketones is 1. The second-order valence-electron chi connectivity index (χ2n) is 4.29. The van der Waals surface area contributed by atoms with Crippen molar-refractivity contribution in [2.45, 2.75) is 0 Å². The topological polar surface area (TPSA) is 61.1 Å². The van der Waals surface area contributed by atoms with E-state index in [2.05, 4.69) is 0 Å². The molecule has 2 aromatic carbocycles. The van der Waals surface area contributed by atoms with Crippen LogP contribution in [0.5, 0.6) is 5.75 Å². The maximum Gasteiger partial charge on any atom is 0.206 e. The van der Waals surface area contributed by atoms with Crippen LogP contribution in [-0.2, 0) is 0 Å². The van der Waals surface area contributed by atoms with E-state index in [1.807, 2.05) is 24.3 Å². The Labute approximate surface area is 119 Å². The van der Waals surface area contributed by atoms with Crippen molar-refractivity contribution in [3.63, 3.8) is 0 Å². The predicted molar refractivity (Wildman–Crippen MR) is 78.1 cm³/mol.